The highest BCUT2D eigenvalue weighted by atomic mass is 35.5. The lowest BCUT2D eigenvalue weighted by molar-refractivity contribution is -0.116. The first-order valence-corrected chi connectivity index (χ1v) is 10.4. The highest BCUT2D eigenvalue weighted by Crippen LogP contribution is 2.34. The van der Waals surface area contributed by atoms with Crippen molar-refractivity contribution in [2.75, 3.05) is 41.8 Å². The molecule has 0 saturated carbocycles. The zero-order valence-corrected chi connectivity index (χ0v) is 17.0. The van der Waals surface area contributed by atoms with Gasteiger partial charge in [0.15, 0.2) is 5.13 Å². The van der Waals surface area contributed by atoms with Crippen molar-refractivity contribution in [2.24, 2.45) is 0 Å². The number of benzene rings is 2. The highest BCUT2D eigenvalue weighted by Gasteiger charge is 2.21. The topological polar surface area (TPSA) is 66.5 Å². The minimum atomic E-state index is -0.447. The lowest BCUT2D eigenvalue weighted by Crippen LogP contribution is -2.38. The number of morpholine rings is 1. The van der Waals surface area contributed by atoms with E-state index < -0.39 is 6.04 Å². The van der Waals surface area contributed by atoms with Crippen molar-refractivity contribution in [3.05, 3.63) is 47.5 Å². The van der Waals surface area contributed by atoms with Crippen LogP contribution in [0.2, 0.25) is 5.02 Å². The quantitative estimate of drug-likeness (QED) is 0.651. The lowest BCUT2D eigenvalue weighted by atomic mass is 10.2. The molecule has 1 amide bonds. The Balaban J connectivity index is 1.49. The largest absolute Gasteiger partial charge is 0.378 e. The number of hydrogen-bond acceptors (Lipinski definition) is 6. The van der Waals surface area contributed by atoms with Crippen molar-refractivity contribution in [1.82, 2.24) is 4.98 Å². The van der Waals surface area contributed by atoms with Gasteiger partial charge in [-0.2, -0.15) is 0 Å². The number of halogens is 1. The Labute approximate surface area is 172 Å². The number of rotatable bonds is 5. The smallest absolute Gasteiger partial charge is 0.246 e. The summed E-state index contributed by atoms with van der Waals surface area (Å²) >= 11 is 7.98. The van der Waals surface area contributed by atoms with E-state index in [1.54, 1.807) is 0 Å². The fraction of sp³-hybridized carbons (Fsp3) is 0.300. The van der Waals surface area contributed by atoms with Gasteiger partial charge in [-0.05, 0) is 31.2 Å². The summed E-state index contributed by atoms with van der Waals surface area (Å²) in [5, 5.41) is 7.55. The first-order chi connectivity index (χ1) is 13.6. The van der Waals surface area contributed by atoms with E-state index >= 15 is 0 Å². The van der Waals surface area contributed by atoms with Crippen LogP contribution in [0.25, 0.3) is 10.2 Å². The Morgan fingerprint density at radius 2 is 2.00 bits per heavy atom. The van der Waals surface area contributed by atoms with Gasteiger partial charge in [0.2, 0.25) is 5.91 Å². The van der Waals surface area contributed by atoms with Gasteiger partial charge >= 0.3 is 0 Å². The maximum Gasteiger partial charge on any atom is 0.246 e. The molecule has 1 aliphatic rings. The summed E-state index contributed by atoms with van der Waals surface area (Å²) in [4.78, 5) is 19.5. The third-order valence-electron chi connectivity index (χ3n) is 4.60. The summed E-state index contributed by atoms with van der Waals surface area (Å²) in [6.45, 7) is 4.60. The number of hydrogen-bond donors (Lipinski definition) is 2. The molecule has 1 saturated heterocycles. The Bertz CT molecular complexity index is 954. The van der Waals surface area contributed by atoms with Gasteiger partial charge < -0.3 is 20.3 Å². The van der Waals surface area contributed by atoms with Crippen LogP contribution in [0.3, 0.4) is 0 Å². The molecule has 1 atom stereocenters. The van der Waals surface area contributed by atoms with E-state index in [0.717, 1.165) is 34.1 Å². The molecule has 2 aromatic carbocycles. The van der Waals surface area contributed by atoms with Crippen molar-refractivity contribution >= 4 is 55.6 Å². The Hall–Kier alpha value is -2.35. The SMILES string of the molecule is CC(Nc1nc2ccccc2s1)C(=O)Nc1cccc(Cl)c1N1CCOCC1. The van der Waals surface area contributed by atoms with Crippen LogP contribution < -0.4 is 15.5 Å². The zero-order chi connectivity index (χ0) is 19.5. The van der Waals surface area contributed by atoms with E-state index in [4.69, 9.17) is 16.3 Å². The molecule has 1 fully saturated rings. The number of thiazole rings is 1. The predicted octanol–water partition coefficient (Wildman–Crippen LogP) is 4.23. The first kappa shape index (κ1) is 19.0. The van der Waals surface area contributed by atoms with Crippen molar-refractivity contribution in [2.45, 2.75) is 13.0 Å². The monoisotopic (exact) mass is 416 g/mol. The van der Waals surface area contributed by atoms with Crippen LogP contribution in [0.1, 0.15) is 6.92 Å². The molecule has 8 heteroatoms. The van der Waals surface area contributed by atoms with Gasteiger partial charge in [0, 0.05) is 13.1 Å². The number of carbonyl (C=O) groups excluding carboxylic acids is 1. The van der Waals surface area contributed by atoms with Gasteiger partial charge in [-0.3, -0.25) is 4.79 Å². The van der Waals surface area contributed by atoms with Crippen LogP contribution in [-0.2, 0) is 9.53 Å². The fourth-order valence-corrected chi connectivity index (χ4v) is 4.40. The van der Waals surface area contributed by atoms with Crippen LogP contribution in [0.4, 0.5) is 16.5 Å². The van der Waals surface area contributed by atoms with E-state index in [0.29, 0.717) is 23.9 Å². The lowest BCUT2D eigenvalue weighted by Gasteiger charge is -2.31. The molecule has 2 heterocycles. The summed E-state index contributed by atoms with van der Waals surface area (Å²) in [6.07, 6.45) is 0. The van der Waals surface area contributed by atoms with Crippen molar-refractivity contribution in [3.8, 4) is 0 Å². The second-order valence-corrected chi connectivity index (χ2v) is 8.02. The van der Waals surface area contributed by atoms with Crippen molar-refractivity contribution in [3.63, 3.8) is 0 Å². The molecule has 1 unspecified atom stereocenters. The van der Waals surface area contributed by atoms with E-state index in [2.05, 4.69) is 20.5 Å². The zero-order valence-electron chi connectivity index (χ0n) is 15.4. The maximum atomic E-state index is 12.8. The number of aromatic nitrogens is 1. The van der Waals surface area contributed by atoms with Gasteiger partial charge in [0.1, 0.15) is 6.04 Å². The molecule has 6 nitrogen and oxygen atoms in total. The van der Waals surface area contributed by atoms with Crippen molar-refractivity contribution in [1.29, 1.82) is 0 Å². The van der Waals surface area contributed by atoms with Gasteiger partial charge in [-0.25, -0.2) is 4.98 Å². The molecule has 0 bridgehead atoms. The molecule has 3 aromatic rings. The average Bonchev–Trinajstić information content (AvgIpc) is 3.11. The molecule has 28 heavy (non-hydrogen) atoms. The number of anilines is 3. The minimum Gasteiger partial charge on any atom is -0.378 e. The highest BCUT2D eigenvalue weighted by molar-refractivity contribution is 7.22. The predicted molar refractivity (Wildman–Crippen MR) is 116 cm³/mol. The number of fused-ring (bicyclic) bond motifs is 1. The number of amides is 1. The summed E-state index contributed by atoms with van der Waals surface area (Å²) in [5.74, 6) is -0.143. The average molecular weight is 417 g/mol. The summed E-state index contributed by atoms with van der Waals surface area (Å²) in [7, 11) is 0. The van der Waals surface area contributed by atoms with Gasteiger partial charge in [0.05, 0.1) is 39.8 Å². The van der Waals surface area contributed by atoms with Crippen molar-refractivity contribution < 1.29 is 9.53 Å². The van der Waals surface area contributed by atoms with Crippen LogP contribution in [0.5, 0.6) is 0 Å². The van der Waals surface area contributed by atoms with E-state index in [1.165, 1.54) is 11.3 Å². The summed E-state index contributed by atoms with van der Waals surface area (Å²) < 4.78 is 6.51. The standard InChI is InChI=1S/C20H21ClN4O2S/c1-13(22-20-24-15-6-2-3-8-17(15)28-20)19(26)23-16-7-4-5-14(21)18(16)25-9-11-27-12-10-25/h2-8,13H,9-12H2,1H3,(H,22,24)(H,23,26). The first-order valence-electron chi connectivity index (χ1n) is 9.16. The molecule has 146 valence electrons. The number of nitrogens with zero attached hydrogens (tertiary/aromatic N) is 2. The molecule has 1 aliphatic heterocycles. The molecule has 4 rings (SSSR count). The van der Waals surface area contributed by atoms with Gasteiger partial charge in [-0.1, -0.05) is 41.1 Å². The van der Waals surface area contributed by atoms with Gasteiger partial charge in [-0.15, -0.1) is 0 Å². The molecule has 0 aliphatic carbocycles. The Morgan fingerprint density at radius 3 is 2.79 bits per heavy atom. The molecule has 0 spiro atoms. The number of ether oxygens (including phenoxy) is 1. The third-order valence-corrected chi connectivity index (χ3v) is 5.87. The second-order valence-electron chi connectivity index (χ2n) is 6.58. The molecule has 0 radical (unpaired) electrons. The molecule has 2 N–H and O–H groups in total. The van der Waals surface area contributed by atoms with Crippen LogP contribution in [-0.4, -0.2) is 43.2 Å². The molecule has 1 aromatic heterocycles. The molecular formula is C20H21ClN4O2S. The summed E-state index contributed by atoms with van der Waals surface area (Å²) in [6, 6.07) is 13.0. The summed E-state index contributed by atoms with van der Waals surface area (Å²) in [5.41, 5.74) is 2.47. The van der Waals surface area contributed by atoms with Crippen LogP contribution >= 0.6 is 22.9 Å². The molecular weight excluding hydrogens is 396 g/mol. The van der Waals surface area contributed by atoms with Crippen LogP contribution in [0.15, 0.2) is 42.5 Å². The minimum absolute atomic E-state index is 0.143. The Kier molecular flexibility index (Phi) is 5.66. The maximum absolute atomic E-state index is 12.8. The van der Waals surface area contributed by atoms with E-state index in [1.807, 2.05) is 49.4 Å². The fourth-order valence-electron chi connectivity index (χ4n) is 3.15. The number of nitrogens with one attached hydrogen (secondary N) is 2. The van der Waals surface area contributed by atoms with E-state index in [-0.39, 0.29) is 5.91 Å². The number of carbonyl (C=O) groups is 1. The van der Waals surface area contributed by atoms with Crippen LogP contribution in [0, 0.1) is 0 Å². The van der Waals surface area contributed by atoms with E-state index in [9.17, 15) is 4.79 Å². The van der Waals surface area contributed by atoms with Gasteiger partial charge in [0.25, 0.3) is 0 Å². The normalized spacial score (nSPS) is 15.4. The number of para-hydroxylation sites is 2. The second kappa shape index (κ2) is 8.34. The Morgan fingerprint density at radius 1 is 1.21 bits per heavy atom. The third kappa shape index (κ3) is 4.06.